The number of nitrogens with zero attached hydrogens (tertiary/aromatic N) is 9. The molecule has 3 aliphatic rings. The first-order valence-corrected chi connectivity index (χ1v) is 18.5. The number of fused-ring (bicyclic) bond motifs is 7. The highest BCUT2D eigenvalue weighted by Crippen LogP contribution is 2.41. The second-order valence-electron chi connectivity index (χ2n) is 12.3. The average Bonchev–Trinajstić information content (AvgIpc) is 4.03. The molecule has 7 aromatic rings. The van der Waals surface area contributed by atoms with E-state index in [0.29, 0.717) is 44.3 Å². The van der Waals surface area contributed by atoms with Crippen LogP contribution < -0.4 is 10.1 Å². The average molecular weight is 767 g/mol. The van der Waals surface area contributed by atoms with Gasteiger partial charge in [0.25, 0.3) is 11.8 Å². The van der Waals surface area contributed by atoms with Crippen molar-refractivity contribution in [3.63, 3.8) is 0 Å². The van der Waals surface area contributed by atoms with E-state index in [0.717, 1.165) is 70.6 Å². The number of rotatable bonds is 5. The molecule has 266 valence electrons. The lowest BCUT2D eigenvalue weighted by molar-refractivity contribution is 0.0688. The zero-order valence-corrected chi connectivity index (χ0v) is 30.3. The van der Waals surface area contributed by atoms with Crippen LogP contribution in [0, 0.1) is 0 Å². The molecule has 0 saturated carbocycles. The van der Waals surface area contributed by atoms with E-state index in [1.165, 1.54) is 24.3 Å². The van der Waals surface area contributed by atoms with Gasteiger partial charge in [-0.05, 0) is 47.2 Å². The predicted octanol–water partition coefficient (Wildman–Crippen LogP) is 6.09. The van der Waals surface area contributed by atoms with Crippen LogP contribution >= 0.6 is 34.3 Å². The molecule has 6 aromatic heterocycles. The summed E-state index contributed by atoms with van der Waals surface area (Å²) < 4.78 is 15.6. The molecule has 53 heavy (non-hydrogen) atoms. The number of carbonyl (C=O) groups excluding carboxylic acids is 2. The molecule has 0 saturated heterocycles. The largest absolute Gasteiger partial charge is 0.495 e. The summed E-state index contributed by atoms with van der Waals surface area (Å²) in [6.45, 7) is 2.92. The minimum atomic E-state index is -0.153. The lowest BCUT2D eigenvalue weighted by atomic mass is 10.0. The third-order valence-corrected chi connectivity index (χ3v) is 11.8. The number of aliphatic imine (C=N–C) groups is 1. The highest BCUT2D eigenvalue weighted by molar-refractivity contribution is 7.19. The Labute approximate surface area is 313 Å². The summed E-state index contributed by atoms with van der Waals surface area (Å²) in [5, 5.41) is 13.1. The number of halogens is 1. The Hall–Kier alpha value is -5.78. The Morgan fingerprint density at radius 2 is 1.47 bits per heavy atom. The number of carbonyl (C=O) groups is 2. The highest BCUT2D eigenvalue weighted by atomic mass is 35.5. The number of benzene rings is 1. The quantitative estimate of drug-likeness (QED) is 0.200. The summed E-state index contributed by atoms with van der Waals surface area (Å²) >= 11 is 9.31. The molecule has 10 rings (SSSR count). The number of anilines is 2. The molecule has 1 N–H and O–H groups in total. The SMILES string of the molecule is COc1cc2c(cc1Nc1ncnc3sc4c(c13)CCN(C(=O)c1ccno1)C4)C=NC2.O=C(c1ccno1)N1CCc2c(sc3ncnc(Cl)c23)C1. The first kappa shape index (κ1) is 33.1. The van der Waals surface area contributed by atoms with Crippen molar-refractivity contribution in [2.24, 2.45) is 4.99 Å². The highest BCUT2D eigenvalue weighted by Gasteiger charge is 2.30. The molecule has 0 unspecified atom stereocenters. The van der Waals surface area contributed by atoms with Crippen molar-refractivity contribution in [2.75, 3.05) is 25.5 Å². The lowest BCUT2D eigenvalue weighted by Crippen LogP contribution is -2.35. The summed E-state index contributed by atoms with van der Waals surface area (Å²) in [5.74, 6) is 1.69. The van der Waals surface area contributed by atoms with E-state index in [1.54, 1.807) is 58.0 Å². The van der Waals surface area contributed by atoms with Gasteiger partial charge in [0, 0.05) is 41.2 Å². The van der Waals surface area contributed by atoms with Crippen LogP contribution in [-0.4, -0.2) is 78.3 Å². The third kappa shape index (κ3) is 6.05. The van der Waals surface area contributed by atoms with Gasteiger partial charge in [0.2, 0.25) is 11.5 Å². The summed E-state index contributed by atoms with van der Waals surface area (Å²) in [7, 11) is 1.66. The van der Waals surface area contributed by atoms with Gasteiger partial charge in [-0.25, -0.2) is 19.9 Å². The van der Waals surface area contributed by atoms with Crippen LogP contribution in [0.15, 0.2) is 63.4 Å². The summed E-state index contributed by atoms with van der Waals surface area (Å²) in [6.07, 6.45) is 9.30. The predicted molar refractivity (Wildman–Crippen MR) is 197 cm³/mol. The maximum Gasteiger partial charge on any atom is 0.292 e. The molecule has 2 amide bonds. The zero-order valence-electron chi connectivity index (χ0n) is 27.9. The summed E-state index contributed by atoms with van der Waals surface area (Å²) in [4.78, 5) is 54.2. The van der Waals surface area contributed by atoms with E-state index in [1.807, 2.05) is 18.3 Å². The Morgan fingerprint density at radius 3 is 2.09 bits per heavy atom. The summed E-state index contributed by atoms with van der Waals surface area (Å²) in [6, 6.07) is 7.21. The number of hydrogen-bond donors (Lipinski definition) is 1. The molecule has 1 aromatic carbocycles. The number of methoxy groups -OCH3 is 1. The molecule has 0 radical (unpaired) electrons. The van der Waals surface area contributed by atoms with Gasteiger partial charge in [-0.1, -0.05) is 21.9 Å². The van der Waals surface area contributed by atoms with Crippen molar-refractivity contribution < 1.29 is 23.4 Å². The molecule has 9 heterocycles. The Morgan fingerprint density at radius 1 is 0.849 bits per heavy atom. The second kappa shape index (κ2) is 13.6. The normalized spacial score (nSPS) is 14.5. The Bertz CT molecular complexity index is 2550. The van der Waals surface area contributed by atoms with E-state index in [-0.39, 0.29) is 23.3 Å². The fourth-order valence-electron chi connectivity index (χ4n) is 6.75. The van der Waals surface area contributed by atoms with E-state index < -0.39 is 0 Å². The van der Waals surface area contributed by atoms with Crippen molar-refractivity contribution in [2.45, 2.75) is 32.5 Å². The van der Waals surface area contributed by atoms with Crippen molar-refractivity contribution >= 4 is 84.2 Å². The van der Waals surface area contributed by atoms with Crippen LogP contribution in [0.2, 0.25) is 5.15 Å². The number of aromatic nitrogens is 6. The second-order valence-corrected chi connectivity index (χ2v) is 14.8. The van der Waals surface area contributed by atoms with Gasteiger partial charge in [-0.3, -0.25) is 14.6 Å². The fourth-order valence-corrected chi connectivity index (χ4v) is 9.46. The molecular weight excluding hydrogens is 740 g/mol. The minimum absolute atomic E-state index is 0.146. The molecule has 0 atom stereocenters. The van der Waals surface area contributed by atoms with E-state index in [2.05, 4.69) is 40.6 Å². The standard InChI is InChI=1S/C22H18N6O3S.C13H9ClN4O2S/c1-30-17-7-13-9-23-8-12(13)6-15(17)27-20-19-14-3-5-28(22(29)16-2-4-26-31-16)10-18(14)32-21(19)25-11-24-20;14-11-10-7-2-4-18(13(19)8-1-3-17-20-8)5-9(7)21-12(10)16-6-15-11/h2,4,6-8,11H,3,5,9-10H2,1H3,(H,24,25,27);1,3,6H,2,4-5H2. The molecule has 3 aliphatic heterocycles. The molecule has 0 bridgehead atoms. The Balaban J connectivity index is 0.000000153. The van der Waals surface area contributed by atoms with Gasteiger partial charge in [-0.2, -0.15) is 0 Å². The van der Waals surface area contributed by atoms with Gasteiger partial charge < -0.3 is 28.9 Å². The minimum Gasteiger partial charge on any atom is -0.495 e. The van der Waals surface area contributed by atoms with Crippen LogP contribution in [0.1, 0.15) is 53.1 Å². The van der Waals surface area contributed by atoms with Crippen LogP contribution in [0.3, 0.4) is 0 Å². The van der Waals surface area contributed by atoms with E-state index >= 15 is 0 Å². The molecule has 0 aliphatic carbocycles. The Kier molecular flexibility index (Phi) is 8.52. The van der Waals surface area contributed by atoms with Crippen LogP contribution in [0.25, 0.3) is 20.4 Å². The summed E-state index contributed by atoms with van der Waals surface area (Å²) in [5.41, 5.74) is 5.38. The monoisotopic (exact) mass is 766 g/mol. The van der Waals surface area contributed by atoms with Crippen LogP contribution in [0.5, 0.6) is 5.75 Å². The molecule has 18 heteroatoms. The number of nitrogens with one attached hydrogen (secondary N) is 1. The van der Waals surface area contributed by atoms with Gasteiger partial charge >= 0.3 is 0 Å². The first-order chi connectivity index (χ1) is 25.9. The van der Waals surface area contributed by atoms with E-state index in [4.69, 9.17) is 25.4 Å². The molecule has 0 spiro atoms. The maximum atomic E-state index is 12.7. The smallest absolute Gasteiger partial charge is 0.292 e. The van der Waals surface area contributed by atoms with Crippen molar-refractivity contribution in [1.29, 1.82) is 0 Å². The van der Waals surface area contributed by atoms with Crippen LogP contribution in [-0.2, 0) is 32.5 Å². The third-order valence-electron chi connectivity index (χ3n) is 9.31. The fraction of sp³-hybridized carbons (Fsp3) is 0.229. The first-order valence-electron chi connectivity index (χ1n) is 16.5. The zero-order chi connectivity index (χ0) is 36.1. The number of thiophene rings is 2. The number of hydrogen-bond acceptors (Lipinski definition) is 15. The van der Waals surface area contributed by atoms with Crippen molar-refractivity contribution in [3.8, 4) is 5.75 Å². The van der Waals surface area contributed by atoms with Gasteiger partial charge in [0.1, 0.15) is 39.0 Å². The van der Waals surface area contributed by atoms with Crippen LogP contribution in [0.4, 0.5) is 11.5 Å². The number of amides is 2. The van der Waals surface area contributed by atoms with Gasteiger partial charge in [0.15, 0.2) is 0 Å². The van der Waals surface area contributed by atoms with E-state index in [9.17, 15) is 9.59 Å². The molecule has 15 nitrogen and oxygen atoms in total. The lowest BCUT2D eigenvalue weighted by Gasteiger charge is -2.26. The maximum absolute atomic E-state index is 12.7. The van der Waals surface area contributed by atoms with Crippen molar-refractivity contribution in [3.05, 3.63) is 98.0 Å². The topological polar surface area (TPSA) is 178 Å². The number of ether oxygens (including phenoxy) is 1. The molecule has 0 fully saturated rings. The molecular formula is C35H27ClN10O5S2. The van der Waals surface area contributed by atoms with Gasteiger partial charge in [-0.15, -0.1) is 22.7 Å². The van der Waals surface area contributed by atoms with Gasteiger partial charge in [0.05, 0.1) is 55.6 Å². The van der Waals surface area contributed by atoms with Crippen molar-refractivity contribution in [1.82, 2.24) is 40.0 Å².